The molecule has 1 aromatic rings. The highest BCUT2D eigenvalue weighted by atomic mass is 127. The maximum absolute atomic E-state index is 10.7. The smallest absolute Gasteiger partial charge is 0.270 e. The summed E-state index contributed by atoms with van der Waals surface area (Å²) in [6.07, 6.45) is 0.381. The fourth-order valence-electron chi connectivity index (χ4n) is 1.26. The number of hydrogen-bond donors (Lipinski definition) is 2. The van der Waals surface area contributed by atoms with Gasteiger partial charge in [0, 0.05) is 27.9 Å². The summed E-state index contributed by atoms with van der Waals surface area (Å²) in [4.78, 5) is 10.1. The first kappa shape index (κ1) is 15.1. The molecule has 0 amide bonds. The molecule has 18 heavy (non-hydrogen) atoms. The van der Waals surface area contributed by atoms with Crippen LogP contribution in [0.4, 0.5) is 11.4 Å². The minimum atomic E-state index is -3.44. The minimum Gasteiger partial charge on any atom is -0.384 e. The van der Waals surface area contributed by atoms with E-state index in [1.54, 1.807) is 6.07 Å². The number of anilines is 1. The van der Waals surface area contributed by atoms with Crippen molar-refractivity contribution in [2.24, 2.45) is 5.14 Å². The molecule has 0 aliphatic heterocycles. The van der Waals surface area contributed by atoms with Crippen LogP contribution in [0.15, 0.2) is 18.2 Å². The van der Waals surface area contributed by atoms with Gasteiger partial charge in [0.05, 0.1) is 10.7 Å². The number of rotatable bonds is 6. The van der Waals surface area contributed by atoms with Crippen LogP contribution in [-0.4, -0.2) is 25.6 Å². The average Bonchev–Trinajstić information content (AvgIpc) is 2.24. The molecule has 0 unspecified atom stereocenters. The molecule has 0 aliphatic carbocycles. The van der Waals surface area contributed by atoms with E-state index in [1.165, 1.54) is 12.1 Å². The van der Waals surface area contributed by atoms with Gasteiger partial charge in [0.2, 0.25) is 10.0 Å². The van der Waals surface area contributed by atoms with Gasteiger partial charge in [0.15, 0.2) is 0 Å². The van der Waals surface area contributed by atoms with Crippen molar-refractivity contribution < 1.29 is 13.3 Å². The van der Waals surface area contributed by atoms with Gasteiger partial charge in [-0.25, -0.2) is 13.6 Å². The van der Waals surface area contributed by atoms with Gasteiger partial charge >= 0.3 is 0 Å². The number of nitrogens with zero attached hydrogens (tertiary/aromatic N) is 1. The summed E-state index contributed by atoms with van der Waals surface area (Å²) in [6, 6.07) is 4.43. The molecule has 7 nitrogen and oxygen atoms in total. The van der Waals surface area contributed by atoms with Gasteiger partial charge in [0.1, 0.15) is 0 Å². The second kappa shape index (κ2) is 6.29. The lowest BCUT2D eigenvalue weighted by Gasteiger charge is -2.07. The Morgan fingerprint density at radius 1 is 1.44 bits per heavy atom. The first-order valence-electron chi connectivity index (χ1n) is 4.98. The Balaban J connectivity index is 2.56. The number of nitrogens with one attached hydrogen (secondary N) is 1. The lowest BCUT2D eigenvalue weighted by Crippen LogP contribution is -2.18. The van der Waals surface area contributed by atoms with Crippen molar-refractivity contribution in [2.45, 2.75) is 6.42 Å². The quantitative estimate of drug-likeness (QED) is 0.331. The predicted octanol–water partition coefficient (Wildman–Crippen LogP) is 1.29. The van der Waals surface area contributed by atoms with Crippen molar-refractivity contribution >= 4 is 44.0 Å². The van der Waals surface area contributed by atoms with Gasteiger partial charge in [-0.3, -0.25) is 10.1 Å². The molecule has 100 valence electrons. The van der Waals surface area contributed by atoms with Gasteiger partial charge < -0.3 is 5.32 Å². The largest absolute Gasteiger partial charge is 0.384 e. The lowest BCUT2D eigenvalue weighted by molar-refractivity contribution is -0.384. The molecule has 9 heteroatoms. The molecule has 0 saturated heterocycles. The van der Waals surface area contributed by atoms with Gasteiger partial charge in [-0.05, 0) is 35.1 Å². The standard InChI is InChI=1S/C9H12IN3O4S/c10-8-6-7(13(14)15)2-3-9(8)12-4-1-5-18(11,16)17/h2-3,6,12H,1,4-5H2,(H2,11,16,17). The van der Waals surface area contributed by atoms with Gasteiger partial charge in [-0.2, -0.15) is 0 Å². The Morgan fingerprint density at radius 2 is 2.11 bits per heavy atom. The first-order chi connectivity index (χ1) is 8.29. The summed E-state index contributed by atoms with van der Waals surface area (Å²) in [5.74, 6) is -0.0937. The van der Waals surface area contributed by atoms with Crippen molar-refractivity contribution in [1.82, 2.24) is 0 Å². The zero-order chi connectivity index (χ0) is 13.8. The summed E-state index contributed by atoms with van der Waals surface area (Å²) in [5.41, 5.74) is 0.755. The molecule has 0 aromatic heterocycles. The van der Waals surface area contributed by atoms with E-state index in [0.29, 0.717) is 16.5 Å². The van der Waals surface area contributed by atoms with Crippen LogP contribution in [0.3, 0.4) is 0 Å². The molecular weight excluding hydrogens is 373 g/mol. The Kier molecular flexibility index (Phi) is 5.28. The third kappa shape index (κ3) is 5.14. The second-order valence-electron chi connectivity index (χ2n) is 3.57. The number of halogens is 1. The van der Waals surface area contributed by atoms with Crippen molar-refractivity contribution in [3.63, 3.8) is 0 Å². The van der Waals surface area contributed by atoms with E-state index in [4.69, 9.17) is 5.14 Å². The molecule has 0 fully saturated rings. The van der Waals surface area contributed by atoms with Crippen LogP contribution in [0.5, 0.6) is 0 Å². The summed E-state index contributed by atoms with van der Waals surface area (Å²) >= 11 is 1.98. The van der Waals surface area contributed by atoms with E-state index in [-0.39, 0.29) is 11.4 Å². The Morgan fingerprint density at radius 3 is 2.61 bits per heavy atom. The van der Waals surface area contributed by atoms with Crippen LogP contribution in [0.25, 0.3) is 0 Å². The van der Waals surface area contributed by atoms with Crippen LogP contribution in [0.1, 0.15) is 6.42 Å². The van der Waals surface area contributed by atoms with Crippen LogP contribution in [-0.2, 0) is 10.0 Å². The fraction of sp³-hybridized carbons (Fsp3) is 0.333. The Labute approximate surface area is 118 Å². The molecule has 1 rings (SSSR count). The molecule has 3 N–H and O–H groups in total. The lowest BCUT2D eigenvalue weighted by atomic mass is 10.3. The topological polar surface area (TPSA) is 115 Å². The van der Waals surface area contributed by atoms with E-state index in [2.05, 4.69) is 5.32 Å². The Bertz CT molecular complexity index is 547. The van der Waals surface area contributed by atoms with E-state index in [0.717, 1.165) is 5.69 Å². The number of primary sulfonamides is 1. The first-order valence-corrected chi connectivity index (χ1v) is 7.77. The maximum Gasteiger partial charge on any atom is 0.270 e. The number of benzene rings is 1. The van der Waals surface area contributed by atoms with Crippen molar-refractivity contribution in [2.75, 3.05) is 17.6 Å². The molecule has 0 aliphatic rings. The van der Waals surface area contributed by atoms with Crippen molar-refractivity contribution in [3.05, 3.63) is 31.9 Å². The van der Waals surface area contributed by atoms with Gasteiger partial charge in [-0.1, -0.05) is 0 Å². The van der Waals surface area contributed by atoms with E-state index < -0.39 is 14.9 Å². The molecule has 0 bridgehead atoms. The maximum atomic E-state index is 10.7. The average molecular weight is 385 g/mol. The summed E-state index contributed by atoms with van der Waals surface area (Å²) in [5, 5.41) is 18.4. The third-order valence-electron chi connectivity index (χ3n) is 2.08. The monoisotopic (exact) mass is 385 g/mol. The summed E-state index contributed by atoms with van der Waals surface area (Å²) < 4.78 is 22.1. The molecular formula is C9H12IN3O4S. The molecule has 0 saturated carbocycles. The highest BCUT2D eigenvalue weighted by molar-refractivity contribution is 14.1. The number of nitrogens with two attached hydrogens (primary N) is 1. The molecule has 0 radical (unpaired) electrons. The van der Waals surface area contributed by atoms with E-state index in [9.17, 15) is 18.5 Å². The molecule has 0 heterocycles. The number of hydrogen-bond acceptors (Lipinski definition) is 5. The second-order valence-corrected chi connectivity index (χ2v) is 6.46. The Hall–Kier alpha value is -0.940. The van der Waals surface area contributed by atoms with Crippen LogP contribution < -0.4 is 10.5 Å². The summed E-state index contributed by atoms with van der Waals surface area (Å²) in [7, 11) is -3.44. The van der Waals surface area contributed by atoms with E-state index in [1.807, 2.05) is 22.6 Å². The number of nitro groups is 1. The van der Waals surface area contributed by atoms with Crippen molar-refractivity contribution in [1.29, 1.82) is 0 Å². The normalized spacial score (nSPS) is 11.2. The van der Waals surface area contributed by atoms with Crippen LogP contribution in [0.2, 0.25) is 0 Å². The zero-order valence-corrected chi connectivity index (χ0v) is 12.3. The molecule has 0 spiro atoms. The van der Waals surface area contributed by atoms with Crippen molar-refractivity contribution in [3.8, 4) is 0 Å². The predicted molar refractivity (Wildman–Crippen MR) is 76.9 cm³/mol. The van der Waals surface area contributed by atoms with Crippen LogP contribution in [0, 0.1) is 13.7 Å². The fourth-order valence-corrected chi connectivity index (χ4v) is 2.49. The van der Waals surface area contributed by atoms with Gasteiger partial charge in [-0.15, -0.1) is 0 Å². The molecule has 1 aromatic carbocycles. The third-order valence-corrected chi connectivity index (χ3v) is 3.83. The highest BCUT2D eigenvalue weighted by Crippen LogP contribution is 2.23. The number of sulfonamides is 1. The van der Waals surface area contributed by atoms with Crippen LogP contribution >= 0.6 is 22.6 Å². The highest BCUT2D eigenvalue weighted by Gasteiger charge is 2.09. The number of nitro benzene ring substituents is 1. The van der Waals surface area contributed by atoms with E-state index >= 15 is 0 Å². The SMILES string of the molecule is NS(=O)(=O)CCCNc1ccc([N+](=O)[O-])cc1I. The minimum absolute atomic E-state index is 0.0227. The number of non-ortho nitro benzene ring substituents is 1. The van der Waals surface area contributed by atoms with Gasteiger partial charge in [0.25, 0.3) is 5.69 Å². The summed E-state index contributed by atoms with van der Waals surface area (Å²) in [6.45, 7) is 0.435. The molecule has 0 atom stereocenters. The zero-order valence-electron chi connectivity index (χ0n) is 9.30.